The molecule has 0 atom stereocenters. The molecule has 4 heteroatoms. The molecule has 0 spiro atoms. The molecule has 0 radical (unpaired) electrons. The number of esters is 1. The Morgan fingerprint density at radius 3 is 2.58 bits per heavy atom. The number of hydrogen-bond donors (Lipinski definition) is 2. The van der Waals surface area contributed by atoms with Crippen LogP contribution in [-0.4, -0.2) is 19.6 Å². The lowest BCUT2D eigenvalue weighted by atomic mass is 9.81. The number of nitrogen functional groups attached to an aromatic ring is 1. The Bertz CT molecular complexity index is 453. The van der Waals surface area contributed by atoms with Crippen LogP contribution in [0.1, 0.15) is 38.1 Å². The van der Waals surface area contributed by atoms with Gasteiger partial charge in [-0.15, -0.1) is 0 Å². The minimum Gasteiger partial charge on any atom is -0.465 e. The first-order valence-corrected chi connectivity index (χ1v) is 6.49. The van der Waals surface area contributed by atoms with Gasteiger partial charge in [0.1, 0.15) is 0 Å². The average Bonchev–Trinajstić information content (AvgIpc) is 2.36. The highest BCUT2D eigenvalue weighted by atomic mass is 16.5. The first-order chi connectivity index (χ1) is 8.77. The van der Waals surface area contributed by atoms with E-state index >= 15 is 0 Å². The fourth-order valence-electron chi connectivity index (χ4n) is 1.49. The van der Waals surface area contributed by atoms with E-state index in [0.29, 0.717) is 17.2 Å². The summed E-state index contributed by atoms with van der Waals surface area (Å²) < 4.78 is 4.71. The molecular formula is C15H24N2O2. The highest BCUT2D eigenvalue weighted by Gasteiger charge is 2.22. The van der Waals surface area contributed by atoms with Crippen LogP contribution in [0.15, 0.2) is 18.2 Å². The summed E-state index contributed by atoms with van der Waals surface area (Å²) in [7, 11) is 1.35. The molecule has 1 aromatic carbocycles. The van der Waals surface area contributed by atoms with Crippen LogP contribution in [0, 0.1) is 11.3 Å². The van der Waals surface area contributed by atoms with Gasteiger partial charge < -0.3 is 15.8 Å². The highest BCUT2D eigenvalue weighted by molar-refractivity contribution is 5.96. The van der Waals surface area contributed by atoms with Crippen molar-refractivity contribution in [1.82, 2.24) is 0 Å². The molecule has 0 amide bonds. The maximum atomic E-state index is 11.6. The van der Waals surface area contributed by atoms with Crippen LogP contribution in [0.4, 0.5) is 11.4 Å². The zero-order valence-electron chi connectivity index (χ0n) is 12.4. The van der Waals surface area contributed by atoms with Gasteiger partial charge in [-0.05, 0) is 29.5 Å². The van der Waals surface area contributed by atoms with E-state index in [9.17, 15) is 4.79 Å². The van der Waals surface area contributed by atoms with Gasteiger partial charge in [-0.25, -0.2) is 4.79 Å². The molecule has 0 bridgehead atoms. The van der Waals surface area contributed by atoms with Crippen molar-refractivity contribution in [2.24, 2.45) is 11.3 Å². The Kier molecular flexibility index (Phi) is 4.81. The van der Waals surface area contributed by atoms with E-state index in [4.69, 9.17) is 10.5 Å². The van der Waals surface area contributed by atoms with E-state index in [2.05, 4.69) is 33.0 Å². The summed E-state index contributed by atoms with van der Waals surface area (Å²) in [6.45, 7) is 9.65. The third kappa shape index (κ3) is 3.88. The molecule has 0 saturated carbocycles. The van der Waals surface area contributed by atoms with Crippen LogP contribution in [0.3, 0.4) is 0 Å². The number of benzene rings is 1. The Morgan fingerprint density at radius 1 is 1.42 bits per heavy atom. The van der Waals surface area contributed by atoms with Gasteiger partial charge in [0, 0.05) is 17.9 Å². The summed E-state index contributed by atoms with van der Waals surface area (Å²) in [5.74, 6) is 0.151. The van der Waals surface area contributed by atoms with Gasteiger partial charge in [0.05, 0.1) is 12.7 Å². The molecule has 3 N–H and O–H groups in total. The Labute approximate surface area is 115 Å². The van der Waals surface area contributed by atoms with E-state index in [0.717, 1.165) is 12.2 Å². The first-order valence-electron chi connectivity index (χ1n) is 6.49. The maximum Gasteiger partial charge on any atom is 0.340 e. The molecule has 0 aliphatic heterocycles. The molecule has 0 fully saturated rings. The maximum absolute atomic E-state index is 11.6. The van der Waals surface area contributed by atoms with Crippen molar-refractivity contribution in [2.75, 3.05) is 24.7 Å². The number of rotatable bonds is 5. The number of carbonyl (C=O) groups excluding carboxylic acids is 1. The van der Waals surface area contributed by atoms with Crippen molar-refractivity contribution in [2.45, 2.75) is 27.7 Å². The zero-order valence-corrected chi connectivity index (χ0v) is 12.4. The lowest BCUT2D eigenvalue weighted by molar-refractivity contribution is 0.0602. The lowest BCUT2D eigenvalue weighted by Crippen LogP contribution is -2.28. The van der Waals surface area contributed by atoms with E-state index in [1.807, 2.05) is 6.07 Å². The van der Waals surface area contributed by atoms with Crippen molar-refractivity contribution in [3.05, 3.63) is 23.8 Å². The van der Waals surface area contributed by atoms with Crippen LogP contribution in [-0.2, 0) is 4.74 Å². The van der Waals surface area contributed by atoms with E-state index in [1.165, 1.54) is 7.11 Å². The number of methoxy groups -OCH3 is 1. The van der Waals surface area contributed by atoms with E-state index in [1.54, 1.807) is 12.1 Å². The van der Waals surface area contributed by atoms with Crippen LogP contribution in [0.5, 0.6) is 0 Å². The highest BCUT2D eigenvalue weighted by Crippen LogP contribution is 2.27. The van der Waals surface area contributed by atoms with Gasteiger partial charge in [0.2, 0.25) is 0 Å². The van der Waals surface area contributed by atoms with Crippen molar-refractivity contribution in [3.63, 3.8) is 0 Å². The Morgan fingerprint density at radius 2 is 2.05 bits per heavy atom. The third-order valence-electron chi connectivity index (χ3n) is 3.77. The van der Waals surface area contributed by atoms with E-state index < -0.39 is 5.97 Å². The summed E-state index contributed by atoms with van der Waals surface area (Å²) in [6, 6.07) is 5.33. The topological polar surface area (TPSA) is 64.3 Å². The minimum absolute atomic E-state index is 0.173. The summed E-state index contributed by atoms with van der Waals surface area (Å²) in [5, 5.41) is 3.35. The van der Waals surface area contributed by atoms with Crippen molar-refractivity contribution in [1.29, 1.82) is 0 Å². The lowest BCUT2D eigenvalue weighted by Gasteiger charge is -2.30. The molecule has 1 aromatic rings. The summed E-state index contributed by atoms with van der Waals surface area (Å²) in [4.78, 5) is 11.6. The number of anilines is 2. The van der Waals surface area contributed by atoms with Crippen LogP contribution < -0.4 is 11.1 Å². The number of nitrogens with one attached hydrogen (secondary N) is 1. The normalized spacial score (nSPS) is 11.5. The molecule has 1 rings (SSSR count). The number of hydrogen-bond acceptors (Lipinski definition) is 4. The van der Waals surface area contributed by atoms with Crippen molar-refractivity contribution >= 4 is 17.3 Å². The SMILES string of the molecule is COC(=O)c1cc(NCC(C)(C)C(C)C)ccc1N. The van der Waals surface area contributed by atoms with Crippen molar-refractivity contribution < 1.29 is 9.53 Å². The Balaban J connectivity index is 2.84. The molecule has 106 valence electrons. The average molecular weight is 264 g/mol. The standard InChI is InChI=1S/C15H24N2O2/c1-10(2)15(3,4)9-17-11-6-7-13(16)12(8-11)14(18)19-5/h6-8,10,17H,9,16H2,1-5H3. The summed E-state index contributed by atoms with van der Waals surface area (Å²) in [6.07, 6.45) is 0. The molecule has 0 saturated heterocycles. The van der Waals surface area contributed by atoms with Gasteiger partial charge in [-0.1, -0.05) is 27.7 Å². The van der Waals surface area contributed by atoms with Gasteiger partial charge in [0.25, 0.3) is 0 Å². The second-order valence-corrected chi connectivity index (χ2v) is 5.79. The van der Waals surface area contributed by atoms with Crippen LogP contribution in [0.2, 0.25) is 0 Å². The largest absolute Gasteiger partial charge is 0.465 e. The molecule has 0 heterocycles. The number of ether oxygens (including phenoxy) is 1. The van der Waals surface area contributed by atoms with Gasteiger partial charge in [-0.3, -0.25) is 0 Å². The first kappa shape index (κ1) is 15.3. The van der Waals surface area contributed by atoms with Crippen LogP contribution >= 0.6 is 0 Å². The third-order valence-corrected chi connectivity index (χ3v) is 3.77. The molecule has 0 aliphatic rings. The zero-order chi connectivity index (χ0) is 14.6. The molecule has 0 aliphatic carbocycles. The predicted molar refractivity (Wildman–Crippen MR) is 79.3 cm³/mol. The molecular weight excluding hydrogens is 240 g/mol. The number of nitrogens with two attached hydrogens (primary N) is 1. The van der Waals surface area contributed by atoms with Crippen LogP contribution in [0.25, 0.3) is 0 Å². The molecule has 19 heavy (non-hydrogen) atoms. The van der Waals surface area contributed by atoms with Crippen molar-refractivity contribution in [3.8, 4) is 0 Å². The fourth-order valence-corrected chi connectivity index (χ4v) is 1.49. The van der Waals surface area contributed by atoms with Gasteiger partial charge >= 0.3 is 5.97 Å². The number of carbonyl (C=O) groups is 1. The van der Waals surface area contributed by atoms with E-state index in [-0.39, 0.29) is 5.41 Å². The molecule has 4 nitrogen and oxygen atoms in total. The van der Waals surface area contributed by atoms with Gasteiger partial charge in [-0.2, -0.15) is 0 Å². The predicted octanol–water partition coefficient (Wildman–Crippen LogP) is 3.15. The smallest absolute Gasteiger partial charge is 0.340 e. The second kappa shape index (κ2) is 5.95. The minimum atomic E-state index is -0.413. The Hall–Kier alpha value is -1.71. The fraction of sp³-hybridized carbons (Fsp3) is 0.533. The summed E-state index contributed by atoms with van der Waals surface area (Å²) in [5.41, 5.74) is 7.65. The molecule has 0 unspecified atom stereocenters. The summed E-state index contributed by atoms with van der Waals surface area (Å²) >= 11 is 0. The van der Waals surface area contributed by atoms with Gasteiger partial charge in [0.15, 0.2) is 0 Å². The second-order valence-electron chi connectivity index (χ2n) is 5.79. The monoisotopic (exact) mass is 264 g/mol. The quantitative estimate of drug-likeness (QED) is 0.633. The molecule has 0 aromatic heterocycles.